The van der Waals surface area contributed by atoms with Gasteiger partial charge in [0.1, 0.15) is 24.4 Å². The number of aromatic nitrogens is 1. The average molecular weight is 337 g/mol. The van der Waals surface area contributed by atoms with Gasteiger partial charge in [-0.05, 0) is 17.5 Å². The van der Waals surface area contributed by atoms with Crippen molar-refractivity contribution >= 4 is 16.9 Å². The summed E-state index contributed by atoms with van der Waals surface area (Å²) in [4.78, 5) is 15.1. The topological polar surface area (TPSA) is 132 Å². The molecular weight excluding hydrogens is 318 g/mol. The van der Waals surface area contributed by atoms with Crippen molar-refractivity contribution in [1.82, 2.24) is 4.98 Å². The van der Waals surface area contributed by atoms with Crippen molar-refractivity contribution in [2.24, 2.45) is 0 Å². The summed E-state index contributed by atoms with van der Waals surface area (Å²) in [6.45, 7) is -0.582. The largest absolute Gasteiger partial charge is 0.432 e. The molecule has 0 radical (unpaired) electrons. The van der Waals surface area contributed by atoms with Crippen molar-refractivity contribution in [3.63, 3.8) is 0 Å². The molecule has 1 aromatic carbocycles. The zero-order chi connectivity index (χ0) is 17.3. The van der Waals surface area contributed by atoms with Gasteiger partial charge in [0, 0.05) is 11.2 Å². The van der Waals surface area contributed by atoms with Crippen molar-refractivity contribution in [3.05, 3.63) is 36.0 Å². The summed E-state index contributed by atoms with van der Waals surface area (Å²) in [5.41, 5.74) is 1.51. The Morgan fingerprint density at radius 1 is 1.17 bits per heavy atom. The van der Waals surface area contributed by atoms with Crippen molar-refractivity contribution in [3.8, 4) is 0 Å². The number of carbonyl (C=O) groups is 1. The highest BCUT2D eigenvalue weighted by molar-refractivity contribution is 5.82. The Bertz CT molecular complexity index is 680. The highest BCUT2D eigenvalue weighted by Crippen LogP contribution is 2.22. The summed E-state index contributed by atoms with van der Waals surface area (Å²) >= 11 is 0. The van der Waals surface area contributed by atoms with Gasteiger partial charge in [-0.25, -0.2) is 0 Å². The number of nitrogens with one attached hydrogen (secondary N) is 1. The summed E-state index contributed by atoms with van der Waals surface area (Å²) in [6, 6.07) is 9.34. The van der Waals surface area contributed by atoms with E-state index in [2.05, 4.69) is 4.98 Å². The number of para-hydroxylation sites is 1. The Labute approximate surface area is 137 Å². The fourth-order valence-corrected chi connectivity index (χ4v) is 2.72. The second kappa shape index (κ2) is 6.88. The number of aliphatic hydroxyl groups is 4. The SMILES string of the molecule is O=C(Cc1cc2ccccc2[nH]1)OC1O[C@H](CO)[C@@H](O)[C@H](O)[C@@H]1O. The molecule has 8 heteroatoms. The van der Waals surface area contributed by atoms with E-state index >= 15 is 0 Å². The molecule has 1 fully saturated rings. The Morgan fingerprint density at radius 2 is 1.92 bits per heavy atom. The molecule has 1 aliphatic rings. The van der Waals surface area contributed by atoms with Crippen molar-refractivity contribution in [1.29, 1.82) is 0 Å². The van der Waals surface area contributed by atoms with Gasteiger partial charge >= 0.3 is 5.97 Å². The van der Waals surface area contributed by atoms with Crippen LogP contribution < -0.4 is 0 Å². The third-order valence-corrected chi connectivity index (χ3v) is 4.02. The number of rotatable bonds is 4. The number of aromatic amines is 1. The number of aliphatic hydroxyl groups excluding tert-OH is 4. The second-order valence-corrected chi connectivity index (χ2v) is 5.75. The molecule has 5 N–H and O–H groups in total. The van der Waals surface area contributed by atoms with E-state index in [9.17, 15) is 20.1 Å². The molecule has 1 aliphatic heterocycles. The van der Waals surface area contributed by atoms with Gasteiger partial charge in [-0.1, -0.05) is 18.2 Å². The smallest absolute Gasteiger partial charge is 0.314 e. The van der Waals surface area contributed by atoms with Crippen LogP contribution >= 0.6 is 0 Å². The third-order valence-electron chi connectivity index (χ3n) is 4.02. The minimum atomic E-state index is -1.60. The quantitative estimate of drug-likeness (QED) is 0.455. The van der Waals surface area contributed by atoms with Crippen LogP contribution in [0.3, 0.4) is 0 Å². The van der Waals surface area contributed by atoms with E-state index in [0.717, 1.165) is 10.9 Å². The van der Waals surface area contributed by atoms with E-state index in [1.165, 1.54) is 0 Å². The van der Waals surface area contributed by atoms with Crippen molar-refractivity contribution < 1.29 is 34.7 Å². The number of hydrogen-bond donors (Lipinski definition) is 5. The van der Waals surface area contributed by atoms with Gasteiger partial charge < -0.3 is 34.9 Å². The fourth-order valence-electron chi connectivity index (χ4n) is 2.72. The molecule has 0 aliphatic carbocycles. The first-order valence-corrected chi connectivity index (χ1v) is 7.56. The third kappa shape index (κ3) is 3.28. The molecule has 1 unspecified atom stereocenters. The van der Waals surface area contributed by atoms with Gasteiger partial charge in [0.15, 0.2) is 0 Å². The minimum absolute atomic E-state index is 0.0797. The first-order chi connectivity index (χ1) is 11.5. The molecule has 24 heavy (non-hydrogen) atoms. The fraction of sp³-hybridized carbons (Fsp3) is 0.438. The molecule has 2 heterocycles. The highest BCUT2D eigenvalue weighted by Gasteiger charge is 2.45. The molecule has 2 aromatic rings. The Kier molecular flexibility index (Phi) is 4.83. The summed E-state index contributed by atoms with van der Waals surface area (Å²) in [7, 11) is 0. The molecule has 1 aromatic heterocycles. The maximum absolute atomic E-state index is 12.0. The lowest BCUT2D eigenvalue weighted by molar-refractivity contribution is -0.292. The van der Waals surface area contributed by atoms with E-state index in [1.807, 2.05) is 30.3 Å². The Morgan fingerprint density at radius 3 is 2.62 bits per heavy atom. The number of ether oxygens (including phenoxy) is 2. The first kappa shape index (κ1) is 16.9. The molecule has 0 amide bonds. The zero-order valence-electron chi connectivity index (χ0n) is 12.7. The standard InChI is InChI=1S/C16H19NO7/c18-7-11-13(20)14(21)15(22)16(23-11)24-12(19)6-9-5-8-3-1-2-4-10(8)17-9/h1-5,11,13-18,20-22H,6-7H2/t11-,13-,14+,15+,16?/m1/s1. The van der Waals surface area contributed by atoms with Crippen LogP contribution in [0.5, 0.6) is 0 Å². The molecule has 0 spiro atoms. The van der Waals surface area contributed by atoms with E-state index in [4.69, 9.17) is 14.6 Å². The number of hydrogen-bond acceptors (Lipinski definition) is 7. The lowest BCUT2D eigenvalue weighted by atomic mass is 9.99. The van der Waals surface area contributed by atoms with Gasteiger partial charge in [-0.3, -0.25) is 4.79 Å². The number of carbonyl (C=O) groups excluding carboxylic acids is 1. The van der Waals surface area contributed by atoms with Crippen molar-refractivity contribution in [2.45, 2.75) is 37.1 Å². The first-order valence-electron chi connectivity index (χ1n) is 7.56. The normalized spacial score (nSPS) is 30.4. The second-order valence-electron chi connectivity index (χ2n) is 5.75. The summed E-state index contributed by atoms with van der Waals surface area (Å²) < 4.78 is 10.2. The maximum Gasteiger partial charge on any atom is 0.314 e. The van der Waals surface area contributed by atoms with Crippen LogP contribution in [0.25, 0.3) is 10.9 Å². The molecule has 5 atom stereocenters. The molecule has 0 bridgehead atoms. The highest BCUT2D eigenvalue weighted by atomic mass is 16.7. The molecule has 130 valence electrons. The lowest BCUT2D eigenvalue weighted by Crippen LogP contribution is -2.59. The van der Waals surface area contributed by atoms with Crippen molar-refractivity contribution in [2.75, 3.05) is 6.61 Å². The number of esters is 1. The van der Waals surface area contributed by atoms with Crippen LogP contribution in [0.4, 0.5) is 0 Å². The van der Waals surface area contributed by atoms with Gasteiger partial charge in [0.2, 0.25) is 6.29 Å². The Hall–Kier alpha value is -1.97. The number of fused-ring (bicyclic) bond motifs is 1. The molecule has 8 nitrogen and oxygen atoms in total. The van der Waals surface area contributed by atoms with Gasteiger partial charge in [0.25, 0.3) is 0 Å². The van der Waals surface area contributed by atoms with Gasteiger partial charge in [-0.2, -0.15) is 0 Å². The van der Waals surface area contributed by atoms with Crippen LogP contribution in [0, 0.1) is 0 Å². The predicted octanol–water partition coefficient (Wildman–Crippen LogP) is -0.947. The summed E-state index contributed by atoms with van der Waals surface area (Å²) in [6.07, 6.45) is -7.33. The van der Waals surface area contributed by atoms with E-state index < -0.39 is 43.3 Å². The van der Waals surface area contributed by atoms with Crippen LogP contribution in [0.1, 0.15) is 5.69 Å². The monoisotopic (exact) mass is 337 g/mol. The molecule has 3 rings (SSSR count). The van der Waals surface area contributed by atoms with Crippen LogP contribution in [0.2, 0.25) is 0 Å². The van der Waals surface area contributed by atoms with E-state index in [0.29, 0.717) is 5.69 Å². The summed E-state index contributed by atoms with van der Waals surface area (Å²) in [5.74, 6) is -0.675. The van der Waals surface area contributed by atoms with Gasteiger partial charge in [0.05, 0.1) is 13.0 Å². The van der Waals surface area contributed by atoms with Gasteiger partial charge in [-0.15, -0.1) is 0 Å². The summed E-state index contributed by atoms with van der Waals surface area (Å²) in [5, 5.41) is 39.3. The minimum Gasteiger partial charge on any atom is -0.432 e. The average Bonchev–Trinajstić information content (AvgIpc) is 2.97. The number of H-pyrrole nitrogens is 1. The van der Waals surface area contributed by atoms with Crippen LogP contribution in [-0.2, 0) is 20.7 Å². The van der Waals surface area contributed by atoms with E-state index in [1.54, 1.807) is 0 Å². The maximum atomic E-state index is 12.0. The molecule has 0 saturated carbocycles. The predicted molar refractivity (Wildman–Crippen MR) is 81.9 cm³/mol. The van der Waals surface area contributed by atoms with E-state index in [-0.39, 0.29) is 6.42 Å². The zero-order valence-corrected chi connectivity index (χ0v) is 12.7. The van der Waals surface area contributed by atoms with Crippen LogP contribution in [0.15, 0.2) is 30.3 Å². The number of benzene rings is 1. The lowest BCUT2D eigenvalue weighted by Gasteiger charge is -2.39. The van der Waals surface area contributed by atoms with Crippen LogP contribution in [-0.4, -0.2) is 68.7 Å². The molecular formula is C16H19NO7. The Balaban J connectivity index is 1.65. The molecule has 1 saturated heterocycles.